The molecule has 0 aromatic heterocycles. The van der Waals surface area contributed by atoms with E-state index in [1.54, 1.807) is 0 Å². The van der Waals surface area contributed by atoms with E-state index in [0.29, 0.717) is 0 Å². The van der Waals surface area contributed by atoms with Gasteiger partial charge in [0.25, 0.3) is 0 Å². The van der Waals surface area contributed by atoms with Gasteiger partial charge in [-0.25, -0.2) is 0 Å². The number of aryl methyl sites for hydroxylation is 1. The van der Waals surface area contributed by atoms with Crippen LogP contribution >= 0.6 is 0 Å². The average Bonchev–Trinajstić information content (AvgIpc) is 2.49. The highest BCUT2D eigenvalue weighted by molar-refractivity contribution is 5.14. The summed E-state index contributed by atoms with van der Waals surface area (Å²) in [5.74, 6) is 0. The summed E-state index contributed by atoms with van der Waals surface area (Å²) < 4.78 is 11.5. The maximum Gasteiger partial charge on any atom is 0.0876 e. The summed E-state index contributed by atoms with van der Waals surface area (Å²) in [4.78, 5) is 0. The van der Waals surface area contributed by atoms with Crippen LogP contribution in [0.25, 0.3) is 0 Å². The molecule has 1 aliphatic heterocycles. The lowest BCUT2D eigenvalue weighted by Gasteiger charge is -2.41. The molecule has 3 heteroatoms. The first-order chi connectivity index (χ1) is 9.77. The van der Waals surface area contributed by atoms with Crippen LogP contribution in [0, 0.1) is 0 Å². The lowest BCUT2D eigenvalue weighted by Crippen LogP contribution is -2.53. The third-order valence-corrected chi connectivity index (χ3v) is 4.27. The molecule has 0 aliphatic carbocycles. The van der Waals surface area contributed by atoms with E-state index in [2.05, 4.69) is 30.3 Å². The third-order valence-electron chi connectivity index (χ3n) is 4.27. The van der Waals surface area contributed by atoms with Gasteiger partial charge in [-0.15, -0.1) is 0 Å². The predicted molar refractivity (Wildman–Crippen MR) is 81.8 cm³/mol. The molecule has 1 fully saturated rings. The number of hydrogen-bond acceptors (Lipinski definition) is 3. The summed E-state index contributed by atoms with van der Waals surface area (Å²) in [6.07, 6.45) is 5.06. The molecule has 0 amide bonds. The minimum atomic E-state index is -0.163. The van der Waals surface area contributed by atoms with E-state index in [1.807, 2.05) is 6.92 Å². The van der Waals surface area contributed by atoms with Crippen LogP contribution in [0.3, 0.4) is 0 Å². The van der Waals surface area contributed by atoms with Gasteiger partial charge >= 0.3 is 0 Å². The Morgan fingerprint density at radius 2 is 1.95 bits per heavy atom. The molecule has 0 radical (unpaired) electrons. The maximum atomic E-state index is 6.45. The minimum absolute atomic E-state index is 0.107. The van der Waals surface area contributed by atoms with Crippen LogP contribution < -0.4 is 5.73 Å². The lowest BCUT2D eigenvalue weighted by atomic mass is 9.83. The average molecular weight is 277 g/mol. The molecule has 20 heavy (non-hydrogen) atoms. The van der Waals surface area contributed by atoms with Crippen LogP contribution in [0.5, 0.6) is 0 Å². The summed E-state index contributed by atoms with van der Waals surface area (Å²) in [7, 11) is 0. The Morgan fingerprint density at radius 3 is 2.60 bits per heavy atom. The van der Waals surface area contributed by atoms with Crippen LogP contribution in [0.2, 0.25) is 0 Å². The van der Waals surface area contributed by atoms with E-state index in [0.717, 1.165) is 51.9 Å². The topological polar surface area (TPSA) is 44.5 Å². The number of nitrogens with two attached hydrogens (primary N) is 1. The molecule has 2 rings (SSSR count). The molecule has 1 aromatic carbocycles. The Morgan fingerprint density at radius 1 is 1.25 bits per heavy atom. The van der Waals surface area contributed by atoms with Crippen LogP contribution in [-0.4, -0.2) is 31.5 Å². The van der Waals surface area contributed by atoms with Crippen LogP contribution in [-0.2, 0) is 15.9 Å². The number of hydrogen-bond donors (Lipinski definition) is 1. The standard InChI is InChI=1S/C17H27NO2/c1-2-20-17(11-13-19-14-12-17)16(18)10-6-9-15-7-4-3-5-8-15/h3-5,7-8,16H,2,6,9-14,18H2,1H3. The number of rotatable bonds is 7. The normalized spacial score (nSPS) is 19.7. The second kappa shape index (κ2) is 7.77. The van der Waals surface area contributed by atoms with Crippen molar-refractivity contribution in [3.63, 3.8) is 0 Å². The fourth-order valence-electron chi connectivity index (χ4n) is 3.06. The van der Waals surface area contributed by atoms with Gasteiger partial charge in [0.2, 0.25) is 0 Å². The fourth-order valence-corrected chi connectivity index (χ4v) is 3.06. The van der Waals surface area contributed by atoms with Crippen molar-refractivity contribution in [2.75, 3.05) is 19.8 Å². The molecule has 2 N–H and O–H groups in total. The highest BCUT2D eigenvalue weighted by Crippen LogP contribution is 2.30. The van der Waals surface area contributed by atoms with Crippen LogP contribution in [0.4, 0.5) is 0 Å². The molecular formula is C17H27NO2. The third kappa shape index (κ3) is 4.05. The second-order valence-corrected chi connectivity index (χ2v) is 5.59. The Labute approximate surface area is 122 Å². The maximum absolute atomic E-state index is 6.45. The molecule has 0 bridgehead atoms. The van der Waals surface area contributed by atoms with E-state index >= 15 is 0 Å². The summed E-state index contributed by atoms with van der Waals surface area (Å²) in [5.41, 5.74) is 7.68. The Bertz CT molecular complexity index is 368. The molecule has 1 unspecified atom stereocenters. The molecule has 0 spiro atoms. The molecule has 1 aliphatic rings. The van der Waals surface area contributed by atoms with Gasteiger partial charge in [-0.3, -0.25) is 0 Å². The van der Waals surface area contributed by atoms with Gasteiger partial charge in [0, 0.05) is 38.7 Å². The number of ether oxygens (including phenoxy) is 2. The zero-order chi connectivity index (χ0) is 14.3. The zero-order valence-electron chi connectivity index (χ0n) is 12.5. The number of benzene rings is 1. The summed E-state index contributed by atoms with van der Waals surface area (Å²) in [6, 6.07) is 10.7. The van der Waals surface area contributed by atoms with Gasteiger partial charge in [-0.1, -0.05) is 30.3 Å². The minimum Gasteiger partial charge on any atom is -0.381 e. The molecule has 1 saturated heterocycles. The first-order valence-corrected chi connectivity index (χ1v) is 7.78. The molecule has 1 atom stereocenters. The summed E-state index contributed by atoms with van der Waals surface area (Å²) >= 11 is 0. The first-order valence-electron chi connectivity index (χ1n) is 7.78. The van der Waals surface area contributed by atoms with E-state index in [9.17, 15) is 0 Å². The highest BCUT2D eigenvalue weighted by atomic mass is 16.5. The molecule has 112 valence electrons. The van der Waals surface area contributed by atoms with Crippen molar-refractivity contribution in [3.05, 3.63) is 35.9 Å². The zero-order valence-corrected chi connectivity index (χ0v) is 12.5. The van der Waals surface area contributed by atoms with Crippen LogP contribution in [0.1, 0.15) is 38.2 Å². The highest BCUT2D eigenvalue weighted by Gasteiger charge is 2.38. The van der Waals surface area contributed by atoms with Crippen LogP contribution in [0.15, 0.2) is 30.3 Å². The lowest BCUT2D eigenvalue weighted by molar-refractivity contribution is -0.121. The van der Waals surface area contributed by atoms with Crippen molar-refractivity contribution < 1.29 is 9.47 Å². The summed E-state index contributed by atoms with van der Waals surface area (Å²) in [6.45, 7) is 4.32. The van der Waals surface area contributed by atoms with Crippen molar-refractivity contribution in [3.8, 4) is 0 Å². The molecular weight excluding hydrogens is 250 g/mol. The Kier molecular flexibility index (Phi) is 6.02. The van der Waals surface area contributed by atoms with Crippen molar-refractivity contribution in [2.45, 2.75) is 50.7 Å². The second-order valence-electron chi connectivity index (χ2n) is 5.59. The Balaban J connectivity index is 1.83. The molecule has 1 heterocycles. The van der Waals surface area contributed by atoms with Crippen molar-refractivity contribution in [2.24, 2.45) is 5.73 Å². The Hall–Kier alpha value is -0.900. The molecule has 0 saturated carbocycles. The first kappa shape index (κ1) is 15.5. The van der Waals surface area contributed by atoms with Gasteiger partial charge in [0.05, 0.1) is 5.60 Å². The van der Waals surface area contributed by atoms with Crippen molar-refractivity contribution in [1.29, 1.82) is 0 Å². The van der Waals surface area contributed by atoms with Crippen molar-refractivity contribution in [1.82, 2.24) is 0 Å². The van der Waals surface area contributed by atoms with Gasteiger partial charge in [-0.2, -0.15) is 0 Å². The van der Waals surface area contributed by atoms with Gasteiger partial charge < -0.3 is 15.2 Å². The predicted octanol–water partition coefficient (Wildman–Crippen LogP) is 2.92. The quantitative estimate of drug-likeness (QED) is 0.833. The van der Waals surface area contributed by atoms with Gasteiger partial charge in [0.15, 0.2) is 0 Å². The van der Waals surface area contributed by atoms with E-state index in [1.165, 1.54) is 5.56 Å². The largest absolute Gasteiger partial charge is 0.381 e. The fraction of sp³-hybridized carbons (Fsp3) is 0.647. The monoisotopic (exact) mass is 277 g/mol. The summed E-state index contributed by atoms with van der Waals surface area (Å²) in [5, 5.41) is 0. The smallest absolute Gasteiger partial charge is 0.0876 e. The SMILES string of the molecule is CCOC1(C(N)CCCc2ccccc2)CCOCC1. The van der Waals surface area contributed by atoms with Crippen molar-refractivity contribution >= 4 is 0 Å². The van der Waals surface area contributed by atoms with E-state index < -0.39 is 0 Å². The van der Waals surface area contributed by atoms with E-state index in [4.69, 9.17) is 15.2 Å². The molecule has 3 nitrogen and oxygen atoms in total. The van der Waals surface area contributed by atoms with E-state index in [-0.39, 0.29) is 11.6 Å². The molecule has 1 aromatic rings. The van der Waals surface area contributed by atoms with Gasteiger partial charge in [0.1, 0.15) is 0 Å². The van der Waals surface area contributed by atoms with Gasteiger partial charge in [-0.05, 0) is 31.7 Å².